The molecule has 1 amide bonds. The zero-order chi connectivity index (χ0) is 13.6. The van der Waals surface area contributed by atoms with Crippen molar-refractivity contribution in [1.82, 2.24) is 15.0 Å². The average molecular weight is 268 g/mol. The third kappa shape index (κ3) is 4.12. The number of rotatable bonds is 5. The number of aromatic nitrogens is 1. The van der Waals surface area contributed by atoms with E-state index in [1.165, 1.54) is 25.4 Å². The van der Waals surface area contributed by atoms with Gasteiger partial charge in [-0.1, -0.05) is 0 Å². The Kier molecular flexibility index (Phi) is 4.76. The molecular weight excluding hydrogens is 256 g/mol. The summed E-state index contributed by atoms with van der Waals surface area (Å²) in [6.07, 6.45) is 1.28. The van der Waals surface area contributed by atoms with Gasteiger partial charge in [-0.15, -0.1) is 0 Å². The highest BCUT2D eigenvalue weighted by molar-refractivity contribution is 7.89. The van der Waals surface area contributed by atoms with E-state index in [0.29, 0.717) is 5.56 Å². The van der Waals surface area contributed by atoms with E-state index >= 15 is 0 Å². The van der Waals surface area contributed by atoms with Crippen molar-refractivity contribution in [3.05, 3.63) is 29.6 Å². The monoisotopic (exact) mass is 268 g/mol. The highest BCUT2D eigenvalue weighted by Gasteiger charge is 2.10. The fourth-order valence-electron chi connectivity index (χ4n) is 1.09. The van der Waals surface area contributed by atoms with Gasteiger partial charge in [0.1, 0.15) is 11.8 Å². The lowest BCUT2D eigenvalue weighted by molar-refractivity contribution is 0.0951. The molecule has 0 bridgehead atoms. The maximum Gasteiger partial charge on any atom is 0.269 e. The van der Waals surface area contributed by atoms with E-state index in [1.807, 2.05) is 6.07 Å². The van der Waals surface area contributed by atoms with Gasteiger partial charge in [-0.25, -0.2) is 18.1 Å². The van der Waals surface area contributed by atoms with Gasteiger partial charge in [0.25, 0.3) is 5.91 Å². The molecule has 96 valence electrons. The van der Waals surface area contributed by atoms with Gasteiger partial charge in [-0.05, 0) is 19.2 Å². The molecule has 0 aliphatic heterocycles. The number of sulfonamides is 1. The molecule has 7 nitrogen and oxygen atoms in total. The molecule has 0 aliphatic rings. The number of nitriles is 1. The van der Waals surface area contributed by atoms with E-state index in [1.54, 1.807) is 0 Å². The van der Waals surface area contributed by atoms with Gasteiger partial charge < -0.3 is 5.32 Å². The first-order valence-electron chi connectivity index (χ1n) is 5.04. The summed E-state index contributed by atoms with van der Waals surface area (Å²) < 4.78 is 24.3. The molecule has 0 unspecified atom stereocenters. The molecule has 0 spiro atoms. The molecule has 1 aromatic heterocycles. The van der Waals surface area contributed by atoms with Crippen LogP contribution in [-0.2, 0) is 10.0 Å². The summed E-state index contributed by atoms with van der Waals surface area (Å²) >= 11 is 0. The molecule has 0 radical (unpaired) electrons. The molecule has 18 heavy (non-hydrogen) atoms. The van der Waals surface area contributed by atoms with Crippen LogP contribution in [-0.4, -0.2) is 38.7 Å². The predicted octanol–water partition coefficient (Wildman–Crippen LogP) is -0.768. The maximum atomic E-state index is 11.5. The van der Waals surface area contributed by atoms with Crippen molar-refractivity contribution in [2.24, 2.45) is 0 Å². The van der Waals surface area contributed by atoms with Crippen LogP contribution in [0.2, 0.25) is 0 Å². The molecule has 0 saturated heterocycles. The topological polar surface area (TPSA) is 112 Å². The van der Waals surface area contributed by atoms with E-state index in [-0.39, 0.29) is 18.0 Å². The smallest absolute Gasteiger partial charge is 0.269 e. The molecule has 2 N–H and O–H groups in total. The SMILES string of the molecule is CNS(=O)(=O)CCNC(=O)c1ccc(C#N)cn1. The van der Waals surface area contributed by atoms with Crippen LogP contribution in [0.3, 0.4) is 0 Å². The second kappa shape index (κ2) is 6.09. The van der Waals surface area contributed by atoms with Crippen LogP contribution in [0.4, 0.5) is 0 Å². The van der Waals surface area contributed by atoms with E-state index < -0.39 is 15.9 Å². The molecule has 0 aromatic carbocycles. The number of carbonyl (C=O) groups is 1. The Morgan fingerprint density at radius 2 is 2.22 bits per heavy atom. The fraction of sp³-hybridized carbons (Fsp3) is 0.300. The Labute approximate surface area is 105 Å². The maximum absolute atomic E-state index is 11.5. The Hall–Kier alpha value is -1.98. The van der Waals surface area contributed by atoms with Crippen molar-refractivity contribution in [1.29, 1.82) is 5.26 Å². The zero-order valence-electron chi connectivity index (χ0n) is 9.67. The van der Waals surface area contributed by atoms with Crippen LogP contribution in [0.25, 0.3) is 0 Å². The summed E-state index contributed by atoms with van der Waals surface area (Å²) in [7, 11) is -2.03. The van der Waals surface area contributed by atoms with E-state index in [0.717, 1.165) is 0 Å². The van der Waals surface area contributed by atoms with E-state index in [4.69, 9.17) is 5.26 Å². The number of pyridine rings is 1. The average Bonchev–Trinajstić information content (AvgIpc) is 2.38. The molecule has 0 fully saturated rings. The Balaban J connectivity index is 2.53. The molecule has 1 heterocycles. The third-order valence-electron chi connectivity index (χ3n) is 2.09. The molecule has 0 atom stereocenters. The van der Waals surface area contributed by atoms with Crippen molar-refractivity contribution in [3.63, 3.8) is 0 Å². The largest absolute Gasteiger partial charge is 0.350 e. The van der Waals surface area contributed by atoms with E-state index in [2.05, 4.69) is 15.0 Å². The highest BCUT2D eigenvalue weighted by Crippen LogP contribution is 1.98. The van der Waals surface area contributed by atoms with Crippen LogP contribution in [0.1, 0.15) is 16.1 Å². The van der Waals surface area contributed by atoms with Crippen LogP contribution in [0, 0.1) is 11.3 Å². The summed E-state index contributed by atoms with van der Waals surface area (Å²) in [6, 6.07) is 4.75. The summed E-state index contributed by atoms with van der Waals surface area (Å²) in [4.78, 5) is 15.3. The lowest BCUT2D eigenvalue weighted by atomic mass is 10.2. The van der Waals surface area contributed by atoms with Gasteiger partial charge in [-0.2, -0.15) is 5.26 Å². The zero-order valence-corrected chi connectivity index (χ0v) is 10.5. The number of hydrogen-bond donors (Lipinski definition) is 2. The van der Waals surface area contributed by atoms with Crippen molar-refractivity contribution >= 4 is 15.9 Å². The minimum Gasteiger partial charge on any atom is -0.350 e. The van der Waals surface area contributed by atoms with Gasteiger partial charge in [0.2, 0.25) is 10.0 Å². The lowest BCUT2D eigenvalue weighted by Gasteiger charge is -2.04. The van der Waals surface area contributed by atoms with Gasteiger partial charge in [0, 0.05) is 12.7 Å². The summed E-state index contributed by atoms with van der Waals surface area (Å²) in [5.74, 6) is -0.684. The molecular formula is C10H12N4O3S. The normalized spacial score (nSPS) is 10.7. The lowest BCUT2D eigenvalue weighted by Crippen LogP contribution is -2.33. The second-order valence-electron chi connectivity index (χ2n) is 3.32. The molecule has 1 rings (SSSR count). The molecule has 0 aliphatic carbocycles. The highest BCUT2D eigenvalue weighted by atomic mass is 32.2. The number of nitrogens with zero attached hydrogens (tertiary/aromatic N) is 2. The third-order valence-corrected chi connectivity index (χ3v) is 3.46. The first-order valence-corrected chi connectivity index (χ1v) is 6.69. The van der Waals surface area contributed by atoms with E-state index in [9.17, 15) is 13.2 Å². The van der Waals surface area contributed by atoms with Gasteiger partial charge in [-0.3, -0.25) is 4.79 Å². The fourth-order valence-corrected chi connectivity index (χ4v) is 1.66. The minimum atomic E-state index is -3.34. The van der Waals surface area contributed by atoms with Crippen LogP contribution >= 0.6 is 0 Å². The first kappa shape index (κ1) is 14.1. The van der Waals surface area contributed by atoms with Gasteiger partial charge in [0.05, 0.1) is 11.3 Å². The second-order valence-corrected chi connectivity index (χ2v) is 5.37. The van der Waals surface area contributed by atoms with Crippen LogP contribution in [0.5, 0.6) is 0 Å². The summed E-state index contributed by atoms with van der Waals surface area (Å²) in [6.45, 7) is -0.0102. The Morgan fingerprint density at radius 1 is 1.50 bits per heavy atom. The quantitative estimate of drug-likeness (QED) is 0.728. The predicted molar refractivity (Wildman–Crippen MR) is 64.1 cm³/mol. The standard InChI is InChI=1S/C10H12N4O3S/c1-12-18(16,17)5-4-13-10(15)9-3-2-8(6-11)7-14-9/h2-3,7,12H,4-5H2,1H3,(H,13,15). The van der Waals surface area contributed by atoms with Crippen molar-refractivity contribution < 1.29 is 13.2 Å². The van der Waals surface area contributed by atoms with Crippen LogP contribution < -0.4 is 10.0 Å². The Bertz CT molecular complexity index is 560. The van der Waals surface area contributed by atoms with Crippen molar-refractivity contribution in [3.8, 4) is 6.07 Å². The molecule has 8 heteroatoms. The van der Waals surface area contributed by atoms with Crippen LogP contribution in [0.15, 0.2) is 18.3 Å². The summed E-state index contributed by atoms with van der Waals surface area (Å²) in [5.41, 5.74) is 0.486. The van der Waals surface area contributed by atoms with Gasteiger partial charge >= 0.3 is 0 Å². The Morgan fingerprint density at radius 3 is 2.72 bits per heavy atom. The number of carbonyl (C=O) groups excluding carboxylic acids is 1. The molecule has 0 saturated carbocycles. The van der Waals surface area contributed by atoms with Crippen molar-refractivity contribution in [2.75, 3.05) is 19.3 Å². The number of amides is 1. The number of hydrogen-bond acceptors (Lipinski definition) is 5. The van der Waals surface area contributed by atoms with Crippen molar-refractivity contribution in [2.45, 2.75) is 0 Å². The molecule has 1 aromatic rings. The number of nitrogens with one attached hydrogen (secondary N) is 2. The summed E-state index contributed by atoms with van der Waals surface area (Å²) in [5, 5.41) is 11.0. The van der Waals surface area contributed by atoms with Gasteiger partial charge in [0.15, 0.2) is 0 Å². The first-order chi connectivity index (χ1) is 8.48. The minimum absolute atomic E-state index is 0.0102.